The number of benzene rings is 5. The molecule has 0 atom stereocenters. The monoisotopic (exact) mass is 925 g/mol. The van der Waals surface area contributed by atoms with Crippen molar-refractivity contribution in [2.45, 2.75) is 45.8 Å². The molecule has 1 radical (unpaired) electrons. The molecular weight excluding hydrogens is 885 g/mol. The summed E-state index contributed by atoms with van der Waals surface area (Å²) in [6.07, 6.45) is 3.76. The summed E-state index contributed by atoms with van der Waals surface area (Å²) >= 11 is 0. The topological polar surface area (TPSA) is 69.9 Å². The second-order valence-corrected chi connectivity index (χ2v) is 21.1. The van der Waals surface area contributed by atoms with E-state index in [4.69, 9.17) is 13.8 Å². The molecule has 0 N–H and O–H groups in total. The Hall–Kier alpha value is -5.66. The van der Waals surface area contributed by atoms with E-state index in [2.05, 4.69) is 122 Å². The van der Waals surface area contributed by atoms with E-state index in [-0.39, 0.29) is 25.5 Å². The van der Waals surface area contributed by atoms with Crippen LogP contribution in [-0.4, -0.2) is 27.6 Å². The molecule has 5 aromatic heterocycles. The number of hydrogen-bond donors (Lipinski definition) is 0. The van der Waals surface area contributed by atoms with Crippen LogP contribution < -0.4 is 5.19 Å². The van der Waals surface area contributed by atoms with E-state index in [0.717, 1.165) is 77.7 Å². The summed E-state index contributed by atoms with van der Waals surface area (Å²) in [7, 11) is -1.23. The van der Waals surface area contributed by atoms with Gasteiger partial charge >= 0.3 is 0 Å². The van der Waals surface area contributed by atoms with E-state index in [0.29, 0.717) is 5.71 Å². The fourth-order valence-corrected chi connectivity index (χ4v) is 8.15. The molecule has 0 aliphatic rings. The first-order chi connectivity index (χ1) is 26.5. The largest absolute Gasteiger partial charge is 0.486 e. The van der Waals surface area contributed by atoms with E-state index in [9.17, 15) is 0 Å². The third kappa shape index (κ3) is 6.79. The summed E-state index contributed by atoms with van der Waals surface area (Å²) in [6, 6.07) is 47.8. The molecule has 56 heavy (non-hydrogen) atoms. The van der Waals surface area contributed by atoms with Gasteiger partial charge in [-0.25, -0.2) is 4.98 Å². The van der Waals surface area contributed by atoms with Gasteiger partial charge in [0, 0.05) is 60.4 Å². The van der Waals surface area contributed by atoms with E-state index in [1.54, 1.807) is 6.20 Å². The quantitative estimate of drug-likeness (QED) is 0.130. The third-order valence-electron chi connectivity index (χ3n) is 10.2. The van der Waals surface area contributed by atoms with Crippen molar-refractivity contribution < 1.29 is 28.9 Å². The first-order valence-corrected chi connectivity index (χ1v) is 22.1. The predicted octanol–water partition coefficient (Wildman–Crippen LogP) is 12.1. The molecule has 0 amide bonds. The van der Waals surface area contributed by atoms with Crippen LogP contribution in [0.15, 0.2) is 143 Å². The Morgan fingerprint density at radius 2 is 1.46 bits per heavy atom. The Morgan fingerprint density at radius 1 is 0.679 bits per heavy atom. The molecule has 0 fully saturated rings. The van der Waals surface area contributed by atoms with Crippen LogP contribution in [0.3, 0.4) is 0 Å². The van der Waals surface area contributed by atoms with E-state index < -0.39 is 8.07 Å². The van der Waals surface area contributed by atoms with Gasteiger partial charge in [-0.15, -0.1) is 54.1 Å². The third-order valence-corrected chi connectivity index (χ3v) is 12.2. The fourth-order valence-electron chi connectivity index (χ4n) is 7.12. The predicted molar refractivity (Wildman–Crippen MR) is 228 cm³/mol. The van der Waals surface area contributed by atoms with Gasteiger partial charge in [0.1, 0.15) is 11.2 Å². The zero-order chi connectivity index (χ0) is 37.9. The summed E-state index contributed by atoms with van der Waals surface area (Å²) in [6.45, 7) is 13.7. The van der Waals surface area contributed by atoms with Gasteiger partial charge in [-0.1, -0.05) is 87.8 Å². The van der Waals surface area contributed by atoms with Gasteiger partial charge in [0.05, 0.1) is 30.5 Å². The number of hydrogen-bond acceptors (Lipinski definition) is 5. The van der Waals surface area contributed by atoms with Crippen molar-refractivity contribution in [3.63, 3.8) is 0 Å². The van der Waals surface area contributed by atoms with E-state index in [1.807, 2.05) is 72.9 Å². The van der Waals surface area contributed by atoms with Crippen molar-refractivity contribution in [1.82, 2.24) is 19.5 Å². The minimum absolute atomic E-state index is 0. The molecule has 0 unspecified atom stereocenters. The maximum Gasteiger partial charge on any atom is 0.216 e. The minimum atomic E-state index is -1.23. The number of para-hydroxylation sites is 2. The average Bonchev–Trinajstić information content (AvgIpc) is 3.88. The first kappa shape index (κ1) is 37.3. The van der Waals surface area contributed by atoms with Crippen molar-refractivity contribution in [2.75, 3.05) is 0 Å². The van der Waals surface area contributed by atoms with Crippen molar-refractivity contribution in [1.29, 1.82) is 0 Å². The molecule has 279 valence electrons. The molecule has 0 saturated carbocycles. The smallest absolute Gasteiger partial charge is 0.216 e. The van der Waals surface area contributed by atoms with Crippen LogP contribution in [0.5, 0.6) is 0 Å². The zero-order valence-electron chi connectivity index (χ0n) is 32.1. The van der Waals surface area contributed by atoms with Crippen LogP contribution in [0, 0.1) is 12.1 Å². The molecule has 0 aliphatic carbocycles. The normalized spacial score (nSPS) is 12.0. The number of imidazole rings is 1. The van der Waals surface area contributed by atoms with Gasteiger partial charge in [0.15, 0.2) is 0 Å². The fraction of sp³-hybridized carbons (Fsp3) is 0.146. The molecule has 0 spiro atoms. The van der Waals surface area contributed by atoms with Crippen molar-refractivity contribution >= 4 is 68.3 Å². The molecule has 0 aliphatic heterocycles. The number of pyridine rings is 2. The number of furan rings is 2. The molecule has 6 nitrogen and oxygen atoms in total. The van der Waals surface area contributed by atoms with Crippen LogP contribution >= 0.6 is 0 Å². The van der Waals surface area contributed by atoms with Crippen LogP contribution in [0.4, 0.5) is 0 Å². The molecular formula is C48H40IrN4O2Si-2. The number of rotatable bonds is 4. The first-order valence-electron chi connectivity index (χ1n) is 18.6. The van der Waals surface area contributed by atoms with Crippen LogP contribution in [0.25, 0.3) is 83.4 Å². The summed E-state index contributed by atoms with van der Waals surface area (Å²) in [5, 5.41) is 5.58. The minimum Gasteiger partial charge on any atom is -0.486 e. The summed E-state index contributed by atoms with van der Waals surface area (Å²) in [5.74, 6) is 0.756. The number of fused-ring (bicyclic) bond motifs is 7. The van der Waals surface area contributed by atoms with Crippen LogP contribution in [0.1, 0.15) is 26.3 Å². The average molecular weight is 925 g/mol. The SMILES string of the molecule is CC(C)(C)c1ccc2c(c1)oc1cc(-n3c(-c4[c-]ccc5c4oc4ncccc45)nc4ccccc43)ccc12.C[Si](C)(C)c1ccc(-c2[c-]cccc2)nc1.[Ir]. The number of aromatic nitrogens is 4. The van der Waals surface area contributed by atoms with Crippen LogP contribution in [-0.2, 0) is 25.5 Å². The molecule has 10 rings (SSSR count). The van der Waals surface area contributed by atoms with Gasteiger partial charge < -0.3 is 18.4 Å². The summed E-state index contributed by atoms with van der Waals surface area (Å²) < 4.78 is 14.8. The van der Waals surface area contributed by atoms with Gasteiger partial charge in [-0.3, -0.25) is 4.98 Å². The van der Waals surface area contributed by atoms with Crippen molar-refractivity contribution in [3.8, 4) is 28.3 Å². The van der Waals surface area contributed by atoms with Crippen LogP contribution in [0.2, 0.25) is 19.6 Å². The van der Waals surface area contributed by atoms with E-state index in [1.165, 1.54) is 10.8 Å². The summed E-state index contributed by atoms with van der Waals surface area (Å²) in [4.78, 5) is 14.0. The van der Waals surface area contributed by atoms with Gasteiger partial charge in [-0.05, 0) is 64.3 Å². The maximum atomic E-state index is 6.43. The molecule has 0 bridgehead atoms. The molecule has 8 heteroatoms. The Bertz CT molecular complexity index is 3010. The molecule has 10 aromatic rings. The standard InChI is InChI=1S/C34H24N3O2.C14H16NSi.Ir/c1-34(2,3)20-13-15-22-23-16-14-21(19-30(23)38-29(22)18-20)37-28-12-5-4-11-27(28)36-32(37)26-9-6-8-24-25-10-7-17-35-33(25)39-31(24)26;1-16(2,3)13-9-10-14(15-11-13)12-7-5-4-6-8-12;/h4-8,10-19H,1-3H3;4-7,9-11H,1-3H3;/q2*-1;. The molecule has 5 heterocycles. The Kier molecular flexibility index (Phi) is 9.61. The Morgan fingerprint density at radius 3 is 2.21 bits per heavy atom. The second kappa shape index (κ2) is 14.4. The van der Waals surface area contributed by atoms with Crippen molar-refractivity contribution in [3.05, 3.63) is 151 Å². The summed E-state index contributed by atoms with van der Waals surface area (Å²) in [5.41, 5.74) is 10.1. The second-order valence-electron chi connectivity index (χ2n) is 16.0. The van der Waals surface area contributed by atoms with Gasteiger partial charge in [-0.2, -0.15) is 0 Å². The zero-order valence-corrected chi connectivity index (χ0v) is 35.5. The Balaban J connectivity index is 0.000000219. The van der Waals surface area contributed by atoms with Gasteiger partial charge in [0.2, 0.25) is 5.71 Å². The molecule has 5 aromatic carbocycles. The Labute approximate surface area is 340 Å². The van der Waals surface area contributed by atoms with Crippen molar-refractivity contribution in [2.24, 2.45) is 0 Å². The van der Waals surface area contributed by atoms with Gasteiger partial charge in [0.25, 0.3) is 0 Å². The number of nitrogens with zero attached hydrogens (tertiary/aromatic N) is 4. The molecule has 0 saturated heterocycles. The van der Waals surface area contributed by atoms with E-state index >= 15 is 0 Å². The maximum absolute atomic E-state index is 6.43.